The van der Waals surface area contributed by atoms with E-state index < -0.39 is 75.8 Å². The molecular weight excluding hydrogens is 1600 g/mol. The average molecular weight is 1680 g/mol. The van der Waals surface area contributed by atoms with Gasteiger partial charge in [0.2, 0.25) is 29.5 Å². The van der Waals surface area contributed by atoms with E-state index in [1.807, 2.05) is 127 Å². The Balaban J connectivity index is 0.000000178. The van der Waals surface area contributed by atoms with Gasteiger partial charge in [-0.25, -0.2) is 27.6 Å². The number of primary amides is 1. The van der Waals surface area contributed by atoms with Gasteiger partial charge >= 0.3 is 29.8 Å². The molecule has 0 saturated heterocycles. The Kier molecular flexibility index (Phi) is 32.0. The first-order chi connectivity index (χ1) is 55.9. The maximum atomic E-state index is 13.1. The molecular formula is C89H84Cl4N6O17S. The fraction of sp³-hybridized carbons (Fsp3) is 0.247. The molecule has 606 valence electrons. The Morgan fingerprint density at radius 3 is 0.889 bits per heavy atom. The number of nitrogens with zero attached hydrogens (tertiary/aromatic N) is 5. The first kappa shape index (κ1) is 89.0. The van der Waals surface area contributed by atoms with E-state index in [-0.39, 0.29) is 107 Å². The molecule has 4 unspecified atom stereocenters. The zero-order valence-electron chi connectivity index (χ0n) is 64.5. The molecule has 4 aliphatic rings. The maximum Gasteiger partial charge on any atom is 0.336 e. The van der Waals surface area contributed by atoms with E-state index in [9.17, 15) is 56.4 Å². The Hall–Kier alpha value is -12.0. The summed E-state index contributed by atoms with van der Waals surface area (Å²) in [5.41, 5.74) is 14.7. The van der Waals surface area contributed by atoms with Crippen LogP contribution in [0.5, 0.6) is 0 Å². The number of hydrogen-bond donors (Lipinski definition) is 2. The van der Waals surface area contributed by atoms with Gasteiger partial charge in [-0.15, -0.1) is 0 Å². The lowest BCUT2D eigenvalue weighted by Gasteiger charge is -2.34. The number of carboxylic acid groups (broad SMARTS) is 1. The van der Waals surface area contributed by atoms with Crippen molar-refractivity contribution in [2.24, 2.45) is 5.73 Å². The normalized spacial score (nSPS) is 16.8. The molecule has 0 fully saturated rings. The van der Waals surface area contributed by atoms with Crippen LogP contribution in [0.2, 0.25) is 20.1 Å². The summed E-state index contributed by atoms with van der Waals surface area (Å²) in [5, 5.41) is 20.4. The number of nitriles is 1. The smallest absolute Gasteiger partial charge is 0.336 e. The van der Waals surface area contributed by atoms with Crippen LogP contribution in [-0.2, 0) is 103 Å². The Bertz CT molecular complexity index is 5100. The van der Waals surface area contributed by atoms with Crippen molar-refractivity contribution in [3.8, 4) is 6.07 Å². The minimum atomic E-state index is -3.27. The zero-order chi connectivity index (χ0) is 84.6. The summed E-state index contributed by atoms with van der Waals surface area (Å²) in [6.07, 6.45) is 1.25. The lowest BCUT2D eigenvalue weighted by molar-refractivity contribution is -0.145. The van der Waals surface area contributed by atoms with E-state index >= 15 is 0 Å². The molecule has 4 aliphatic heterocycles. The lowest BCUT2D eigenvalue weighted by Crippen LogP contribution is -2.42. The van der Waals surface area contributed by atoms with Gasteiger partial charge in [0, 0.05) is 105 Å². The van der Waals surface area contributed by atoms with Gasteiger partial charge in [0.05, 0.1) is 34.1 Å². The summed E-state index contributed by atoms with van der Waals surface area (Å²) in [4.78, 5) is 130. The van der Waals surface area contributed by atoms with Crippen LogP contribution in [0.25, 0.3) is 0 Å². The van der Waals surface area contributed by atoms with Crippen LogP contribution in [0.15, 0.2) is 263 Å². The summed E-state index contributed by atoms with van der Waals surface area (Å²) < 4.78 is 45.4. The number of nitrogens with two attached hydrogens (primary N) is 1. The van der Waals surface area contributed by atoms with Crippen LogP contribution in [0.1, 0.15) is 122 Å². The summed E-state index contributed by atoms with van der Waals surface area (Å²) in [5.74, 6) is -7.15. The molecule has 0 aromatic heterocycles. The van der Waals surface area contributed by atoms with E-state index in [0.29, 0.717) is 59.6 Å². The number of aliphatic carboxylic acids is 1. The molecule has 12 rings (SSSR count). The largest absolute Gasteiger partial charge is 0.480 e. The Labute approximate surface area is 698 Å². The summed E-state index contributed by atoms with van der Waals surface area (Å²) >= 11 is 23.9. The van der Waals surface area contributed by atoms with Gasteiger partial charge in [0.25, 0.3) is 0 Å². The fourth-order valence-electron chi connectivity index (χ4n) is 13.7. The van der Waals surface area contributed by atoms with E-state index in [2.05, 4.69) is 0 Å². The topological polar surface area (TPSA) is 325 Å². The minimum Gasteiger partial charge on any atom is -0.480 e. The van der Waals surface area contributed by atoms with Crippen molar-refractivity contribution in [3.05, 3.63) is 328 Å². The second-order valence-electron chi connectivity index (χ2n) is 27.6. The van der Waals surface area contributed by atoms with Crippen LogP contribution in [0, 0.1) is 11.3 Å². The number of sulfone groups is 1. The van der Waals surface area contributed by atoms with Gasteiger partial charge in [-0.05, 0) is 121 Å². The predicted octanol–water partition coefficient (Wildman–Crippen LogP) is 14.8. The summed E-state index contributed by atoms with van der Waals surface area (Å²) in [6.45, 7) is 6.05. The number of carbonyl (C=O) groups is 10. The molecule has 0 aliphatic carbocycles. The summed E-state index contributed by atoms with van der Waals surface area (Å²) in [6, 6.07) is 67.1. The molecule has 8 aromatic carbocycles. The van der Waals surface area contributed by atoms with Crippen molar-refractivity contribution in [1.29, 1.82) is 5.26 Å². The molecule has 4 heterocycles. The second kappa shape index (κ2) is 42.1. The molecule has 23 nitrogen and oxygen atoms in total. The molecule has 3 N–H and O–H groups in total. The van der Waals surface area contributed by atoms with Crippen LogP contribution >= 0.6 is 46.4 Å². The first-order valence-electron chi connectivity index (χ1n) is 36.8. The molecule has 0 spiro atoms. The second-order valence-corrected chi connectivity index (χ2v) is 31.6. The van der Waals surface area contributed by atoms with Crippen LogP contribution in [0.4, 0.5) is 0 Å². The SMILES string of the molecule is CC1=C(C(=O)OCc2ccccc2)C(c2ccc(Cl)cc2)CC(=O)N1CC#N.CC1=C(C(=O)OCc2ccccc2)C(c2ccc(Cl)cc2)CC(=O)N1CC(=O)O.CC1=C(C(=O)OCc2ccccc2)C(c2ccc(Cl)cc2)CC(=O)N1CC(N)=O.CC1=C(C(=O)OCc2ccccc2)C(c2ccc(Cl)cc2)CC(=O)N1CCS(C)(=O)=O. The number of amides is 5. The number of ether oxygens (including phenoxy) is 4. The molecule has 117 heavy (non-hydrogen) atoms. The molecule has 8 aromatic rings. The standard InChI is InChI=1S/C23H24ClNO5S.C22H21ClN2O4.C22H19ClN2O3.C22H20ClNO5/c1-16-22(23(27)30-15-17-6-4-3-5-7-17)20(18-8-10-19(24)11-9-18)14-21(26)25(16)12-13-31(2,28)29;1-14-21(22(28)29-13-15-5-3-2-4-6-15)18(16-7-9-17(23)10-8-16)11-20(27)25(14)12-19(24)26;1-15-21(22(27)28-14-16-5-3-2-4-6-16)19(13-20(26)25(15)12-11-24)17-7-9-18(23)10-8-17;1-14-21(22(28)29-13-15-5-3-2-4-6-15)18(16-7-9-17(23)10-8-16)11-19(25)24(14)12-20(26)27/h3-11,20H,12-15H2,1-2H3;2-10,18H,11-13H2,1H3,(H2,24,26);2-10,19H,12-14H2,1H3;2-10,18H,11-13H2,1H3,(H,26,27). The van der Waals surface area contributed by atoms with Crippen molar-refractivity contribution in [2.45, 2.75) is 103 Å². The molecule has 0 radical (unpaired) electrons. The van der Waals surface area contributed by atoms with Gasteiger partial charge in [-0.3, -0.25) is 28.8 Å². The van der Waals surface area contributed by atoms with Gasteiger partial charge < -0.3 is 49.4 Å². The van der Waals surface area contributed by atoms with Crippen molar-refractivity contribution in [3.63, 3.8) is 0 Å². The van der Waals surface area contributed by atoms with Gasteiger partial charge in [0.15, 0.2) is 0 Å². The van der Waals surface area contributed by atoms with Crippen molar-refractivity contribution in [1.82, 2.24) is 19.6 Å². The Morgan fingerprint density at radius 1 is 0.402 bits per heavy atom. The van der Waals surface area contributed by atoms with Gasteiger partial charge in [0.1, 0.15) is 55.9 Å². The minimum absolute atomic E-state index is 0.00764. The molecule has 0 saturated carbocycles. The predicted molar refractivity (Wildman–Crippen MR) is 440 cm³/mol. The number of carbonyl (C=O) groups excluding carboxylic acids is 9. The van der Waals surface area contributed by atoms with E-state index in [1.54, 1.807) is 125 Å². The Morgan fingerprint density at radius 2 is 0.641 bits per heavy atom. The number of hydrogen-bond acceptors (Lipinski definition) is 17. The number of rotatable bonds is 24. The third-order valence-electron chi connectivity index (χ3n) is 19.6. The quantitative estimate of drug-likeness (QED) is 0.0322. The molecule has 4 atom stereocenters. The van der Waals surface area contributed by atoms with Crippen LogP contribution in [-0.4, -0.2) is 131 Å². The van der Waals surface area contributed by atoms with Crippen LogP contribution in [0.3, 0.4) is 0 Å². The van der Waals surface area contributed by atoms with Crippen molar-refractivity contribution in [2.75, 3.05) is 38.2 Å². The van der Waals surface area contributed by atoms with Gasteiger partial charge in [-0.1, -0.05) is 216 Å². The number of carboxylic acids is 1. The molecule has 0 bridgehead atoms. The third kappa shape index (κ3) is 24.8. The molecule has 5 amide bonds. The molecule has 28 heteroatoms. The number of allylic oxidation sites excluding steroid dienone is 4. The highest BCUT2D eigenvalue weighted by Gasteiger charge is 2.42. The highest BCUT2D eigenvalue weighted by molar-refractivity contribution is 7.90. The van der Waals surface area contributed by atoms with Gasteiger partial charge in [-0.2, -0.15) is 5.26 Å². The van der Waals surface area contributed by atoms with E-state index in [1.165, 1.54) is 14.7 Å². The number of esters is 4. The lowest BCUT2D eigenvalue weighted by atomic mass is 9.83. The maximum absolute atomic E-state index is 13.1. The van der Waals surface area contributed by atoms with Crippen molar-refractivity contribution >= 4 is 116 Å². The zero-order valence-corrected chi connectivity index (χ0v) is 68.3. The van der Waals surface area contributed by atoms with Crippen LogP contribution < -0.4 is 5.73 Å². The number of benzene rings is 8. The third-order valence-corrected chi connectivity index (χ3v) is 21.6. The van der Waals surface area contributed by atoms with E-state index in [4.69, 9.17) is 81.5 Å². The number of halogens is 4. The fourth-order valence-corrected chi connectivity index (χ4v) is 14.7. The van der Waals surface area contributed by atoms with E-state index in [0.717, 1.165) is 55.7 Å². The summed E-state index contributed by atoms with van der Waals surface area (Å²) in [7, 11) is -3.27. The highest BCUT2D eigenvalue weighted by Crippen LogP contribution is 2.42. The first-order valence-corrected chi connectivity index (χ1v) is 40.4. The van der Waals surface area contributed by atoms with Crippen molar-refractivity contribution < 1.29 is 80.4 Å². The monoisotopic (exact) mass is 1680 g/mol. The highest BCUT2D eigenvalue weighted by atomic mass is 35.5. The average Bonchev–Trinajstić information content (AvgIpc) is 0.795.